The van der Waals surface area contributed by atoms with E-state index in [9.17, 15) is 29.7 Å². The SMILES string of the molecule is O=C([O-])CC(O)(CC(=O)[O-])C(=O)[O-].[Ca+2].[Mg+2]. The Morgan fingerprint density at radius 1 is 1.00 bits per heavy atom. The third kappa shape index (κ3) is 8.23. The average Bonchev–Trinajstić information content (AvgIpc) is 1.82. The topological polar surface area (TPSA) is 141 Å². The van der Waals surface area contributed by atoms with E-state index in [-0.39, 0.29) is 60.8 Å². The number of carbonyl (C=O) groups is 3. The number of aliphatic carboxylic acids is 3. The first kappa shape index (κ1) is 20.8. The van der Waals surface area contributed by atoms with Crippen LogP contribution in [0.25, 0.3) is 0 Å². The standard InChI is InChI=1S/C6H8O7.Ca.Mg/c7-3(8)1-6(13,5(11)12)2-4(9)10;;/h13H,1-2H2,(H,7,8)(H,9,10)(H,11,12);;/q;2*+2/p-3. The molecular weight excluding hydrogens is 248 g/mol. The first-order valence-electron chi connectivity index (χ1n) is 3.11. The van der Waals surface area contributed by atoms with Crippen LogP contribution in [0, 0.1) is 0 Å². The number of carboxylic acids is 3. The Morgan fingerprint density at radius 3 is 1.40 bits per heavy atom. The molecule has 0 saturated carbocycles. The fourth-order valence-corrected chi connectivity index (χ4v) is 0.684. The number of rotatable bonds is 5. The molecule has 74 valence electrons. The molecule has 7 nitrogen and oxygen atoms in total. The summed E-state index contributed by atoms with van der Waals surface area (Å²) < 4.78 is 0. The maximum Gasteiger partial charge on any atom is 2.00 e. The van der Waals surface area contributed by atoms with Crippen LogP contribution in [0.1, 0.15) is 12.8 Å². The predicted molar refractivity (Wildman–Crippen MR) is 40.7 cm³/mol. The first-order valence-corrected chi connectivity index (χ1v) is 3.11. The van der Waals surface area contributed by atoms with Crippen LogP contribution in [-0.2, 0) is 14.4 Å². The largest absolute Gasteiger partial charge is 2.00 e. The Hall–Kier alpha value is 0.396. The second-order valence-electron chi connectivity index (χ2n) is 2.42. The van der Waals surface area contributed by atoms with Crippen molar-refractivity contribution in [2.45, 2.75) is 18.4 Å². The zero-order valence-corrected chi connectivity index (χ0v) is 11.3. The smallest absolute Gasteiger partial charge is 0.550 e. The zero-order chi connectivity index (χ0) is 10.6. The summed E-state index contributed by atoms with van der Waals surface area (Å²) in [5, 5.41) is 38.9. The van der Waals surface area contributed by atoms with E-state index in [1.54, 1.807) is 0 Å². The van der Waals surface area contributed by atoms with Crippen molar-refractivity contribution < 1.29 is 34.8 Å². The Bertz CT molecular complexity index is 238. The molecule has 1 N–H and O–H groups in total. The van der Waals surface area contributed by atoms with Gasteiger partial charge in [-0.2, -0.15) is 0 Å². The number of hydrogen-bond donors (Lipinski definition) is 1. The van der Waals surface area contributed by atoms with E-state index in [1.165, 1.54) is 0 Å². The van der Waals surface area contributed by atoms with Crippen LogP contribution < -0.4 is 15.3 Å². The van der Waals surface area contributed by atoms with Crippen molar-refractivity contribution in [1.29, 1.82) is 0 Å². The van der Waals surface area contributed by atoms with Gasteiger partial charge in [0.05, 0.1) is 5.97 Å². The maximum atomic E-state index is 10.1. The quantitative estimate of drug-likeness (QED) is 0.481. The van der Waals surface area contributed by atoms with E-state index in [2.05, 4.69) is 0 Å². The predicted octanol–water partition coefficient (Wildman–Crippen LogP) is -6.01. The van der Waals surface area contributed by atoms with Crippen molar-refractivity contribution in [3.8, 4) is 0 Å². The fourth-order valence-electron chi connectivity index (χ4n) is 0.684. The van der Waals surface area contributed by atoms with Gasteiger partial charge in [-0.25, -0.2) is 0 Å². The summed E-state index contributed by atoms with van der Waals surface area (Å²) in [6, 6.07) is 0. The second kappa shape index (κ2) is 8.54. The monoisotopic (exact) mass is 253 g/mol. The van der Waals surface area contributed by atoms with Crippen LogP contribution >= 0.6 is 0 Å². The van der Waals surface area contributed by atoms with E-state index in [0.29, 0.717) is 0 Å². The Labute approximate surface area is 131 Å². The maximum absolute atomic E-state index is 10.1. The van der Waals surface area contributed by atoms with Gasteiger partial charge in [0, 0.05) is 24.8 Å². The molecule has 0 aliphatic rings. The van der Waals surface area contributed by atoms with Crippen molar-refractivity contribution in [2.24, 2.45) is 0 Å². The number of carbonyl (C=O) groups excluding carboxylic acids is 3. The summed E-state index contributed by atoms with van der Waals surface area (Å²) in [6.45, 7) is 0. The molecule has 0 aromatic carbocycles. The van der Waals surface area contributed by atoms with Crippen LogP contribution in [0.3, 0.4) is 0 Å². The summed E-state index contributed by atoms with van der Waals surface area (Å²) >= 11 is 0. The molecule has 0 bridgehead atoms. The van der Waals surface area contributed by atoms with Gasteiger partial charge in [0.2, 0.25) is 0 Å². The molecule has 0 aromatic rings. The molecule has 0 aromatic heterocycles. The van der Waals surface area contributed by atoms with Crippen molar-refractivity contribution in [3.05, 3.63) is 0 Å². The van der Waals surface area contributed by atoms with E-state index < -0.39 is 36.4 Å². The van der Waals surface area contributed by atoms with Crippen molar-refractivity contribution in [3.63, 3.8) is 0 Å². The molecule has 0 atom stereocenters. The van der Waals surface area contributed by atoms with Crippen LogP contribution in [0.5, 0.6) is 0 Å². The third-order valence-corrected chi connectivity index (χ3v) is 1.25. The van der Waals surface area contributed by atoms with Crippen LogP contribution in [0.2, 0.25) is 0 Å². The minimum absolute atomic E-state index is 0. The van der Waals surface area contributed by atoms with Gasteiger partial charge in [-0.3, -0.25) is 0 Å². The van der Waals surface area contributed by atoms with E-state index >= 15 is 0 Å². The minimum atomic E-state index is -2.97. The number of aliphatic hydroxyl groups is 1. The molecule has 0 heterocycles. The molecule has 0 saturated heterocycles. The van der Waals surface area contributed by atoms with E-state index in [1.807, 2.05) is 0 Å². The van der Waals surface area contributed by atoms with Gasteiger partial charge in [0.15, 0.2) is 0 Å². The van der Waals surface area contributed by atoms with Gasteiger partial charge in [-0.1, -0.05) is 0 Å². The summed E-state index contributed by atoms with van der Waals surface area (Å²) in [5.41, 5.74) is -2.97. The van der Waals surface area contributed by atoms with Gasteiger partial charge in [-0.15, -0.1) is 0 Å². The van der Waals surface area contributed by atoms with Crippen molar-refractivity contribution in [2.75, 3.05) is 0 Å². The molecule has 0 spiro atoms. The van der Waals surface area contributed by atoms with Crippen LogP contribution in [-0.4, -0.2) is 89.4 Å². The molecule has 0 aliphatic carbocycles. The van der Waals surface area contributed by atoms with Gasteiger partial charge in [0.25, 0.3) is 0 Å². The molecule has 15 heavy (non-hydrogen) atoms. The molecule has 0 rings (SSSR count). The van der Waals surface area contributed by atoms with E-state index in [4.69, 9.17) is 5.11 Å². The first-order chi connectivity index (χ1) is 5.78. The number of carboxylic acid groups (broad SMARTS) is 3. The van der Waals surface area contributed by atoms with Gasteiger partial charge in [-0.05, 0) is 0 Å². The summed E-state index contributed by atoms with van der Waals surface area (Å²) in [5.74, 6) is -5.98. The third-order valence-electron chi connectivity index (χ3n) is 1.25. The van der Waals surface area contributed by atoms with Crippen LogP contribution in [0.15, 0.2) is 0 Å². The zero-order valence-electron chi connectivity index (χ0n) is 7.73. The summed E-state index contributed by atoms with van der Waals surface area (Å²) in [6.07, 6.45) is -2.72. The minimum Gasteiger partial charge on any atom is -0.550 e. The van der Waals surface area contributed by atoms with Crippen LogP contribution in [0.4, 0.5) is 0 Å². The molecule has 0 amide bonds. The molecule has 0 aliphatic heterocycles. The normalized spacial score (nSPS) is 9.40. The van der Waals surface area contributed by atoms with Gasteiger partial charge in [0.1, 0.15) is 5.60 Å². The molecule has 0 radical (unpaired) electrons. The van der Waals surface area contributed by atoms with Gasteiger partial charge < -0.3 is 34.8 Å². The fraction of sp³-hybridized carbons (Fsp3) is 0.500. The molecule has 9 heteroatoms. The van der Waals surface area contributed by atoms with Gasteiger partial charge >= 0.3 is 60.8 Å². The van der Waals surface area contributed by atoms with Crippen molar-refractivity contribution >= 4 is 78.7 Å². The summed E-state index contributed by atoms with van der Waals surface area (Å²) in [7, 11) is 0. The molecule has 0 fully saturated rings. The Kier molecular flexibility index (Phi) is 11.8. The molecular formula is C6H5CaMgO7+. The van der Waals surface area contributed by atoms with E-state index in [0.717, 1.165) is 0 Å². The Morgan fingerprint density at radius 2 is 1.27 bits per heavy atom. The summed E-state index contributed by atoms with van der Waals surface area (Å²) in [4.78, 5) is 30.0. The Balaban J connectivity index is -0.000000720. The number of hydrogen-bond acceptors (Lipinski definition) is 7. The average molecular weight is 253 g/mol. The molecule has 0 unspecified atom stereocenters. The second-order valence-corrected chi connectivity index (χ2v) is 2.42. The van der Waals surface area contributed by atoms with Crippen molar-refractivity contribution in [1.82, 2.24) is 0 Å².